The molecule has 0 saturated heterocycles. The van der Waals surface area contributed by atoms with Crippen molar-refractivity contribution in [3.8, 4) is 0 Å². The zero-order valence-corrected chi connectivity index (χ0v) is 7.83. The van der Waals surface area contributed by atoms with Crippen molar-refractivity contribution in [3.63, 3.8) is 0 Å². The van der Waals surface area contributed by atoms with Gasteiger partial charge in [-0.2, -0.15) is 0 Å². The van der Waals surface area contributed by atoms with Crippen LogP contribution in [-0.2, 0) is 0 Å². The van der Waals surface area contributed by atoms with E-state index in [0.29, 0.717) is 0 Å². The van der Waals surface area contributed by atoms with Gasteiger partial charge >= 0.3 is 0 Å². The van der Waals surface area contributed by atoms with Crippen LogP contribution in [0.25, 0.3) is 10.1 Å². The van der Waals surface area contributed by atoms with E-state index in [9.17, 15) is 4.39 Å². The molecule has 1 heterocycles. The van der Waals surface area contributed by atoms with E-state index >= 15 is 0 Å². The normalized spacial score (nSPS) is 10.9. The Morgan fingerprint density at radius 1 is 1.25 bits per heavy atom. The van der Waals surface area contributed by atoms with Crippen LogP contribution in [0.15, 0.2) is 18.2 Å². The summed E-state index contributed by atoms with van der Waals surface area (Å²) in [6.07, 6.45) is 0. The Morgan fingerprint density at radius 3 is 2.67 bits per heavy atom. The molecule has 0 N–H and O–H groups in total. The first-order valence-corrected chi connectivity index (χ1v) is 4.65. The lowest BCUT2D eigenvalue weighted by Gasteiger charge is -1.94. The van der Waals surface area contributed by atoms with Crippen molar-refractivity contribution in [2.45, 2.75) is 13.8 Å². The maximum absolute atomic E-state index is 13.2. The predicted molar refractivity (Wildman–Crippen MR) is 51.3 cm³/mol. The van der Waals surface area contributed by atoms with Crippen molar-refractivity contribution < 1.29 is 4.39 Å². The minimum absolute atomic E-state index is 0.111. The van der Waals surface area contributed by atoms with E-state index in [2.05, 4.69) is 0 Å². The first kappa shape index (κ1) is 7.74. The molecule has 0 radical (unpaired) electrons. The van der Waals surface area contributed by atoms with Crippen molar-refractivity contribution in [2.75, 3.05) is 0 Å². The number of rotatable bonds is 0. The van der Waals surface area contributed by atoms with E-state index in [1.54, 1.807) is 11.3 Å². The van der Waals surface area contributed by atoms with Crippen LogP contribution in [0.3, 0.4) is 0 Å². The summed E-state index contributed by atoms with van der Waals surface area (Å²) in [4.78, 5) is 1.17. The molecule has 0 amide bonds. The molecule has 0 nitrogen and oxygen atoms in total. The van der Waals surface area contributed by atoms with Gasteiger partial charge in [0.15, 0.2) is 0 Å². The van der Waals surface area contributed by atoms with Gasteiger partial charge in [-0.25, -0.2) is 4.39 Å². The van der Waals surface area contributed by atoms with Crippen LogP contribution in [0.5, 0.6) is 0 Å². The lowest BCUT2D eigenvalue weighted by atomic mass is 10.2. The second-order valence-electron chi connectivity index (χ2n) is 2.96. The summed E-state index contributed by atoms with van der Waals surface area (Å²) in [5.74, 6) is -0.111. The highest BCUT2D eigenvalue weighted by atomic mass is 32.1. The minimum Gasteiger partial charge on any atom is -0.206 e. The molecule has 0 unspecified atom stereocenters. The molecule has 0 aliphatic rings. The predicted octanol–water partition coefficient (Wildman–Crippen LogP) is 3.66. The second-order valence-corrected chi connectivity index (χ2v) is 4.22. The van der Waals surface area contributed by atoms with Gasteiger partial charge in [0, 0.05) is 15.0 Å². The Balaban J connectivity index is 2.93. The van der Waals surface area contributed by atoms with E-state index in [1.165, 1.54) is 10.9 Å². The summed E-state index contributed by atoms with van der Waals surface area (Å²) in [6.45, 7) is 4.02. The minimum atomic E-state index is -0.111. The third kappa shape index (κ3) is 1.03. The molecule has 0 spiro atoms. The van der Waals surface area contributed by atoms with E-state index in [-0.39, 0.29) is 5.82 Å². The van der Waals surface area contributed by atoms with E-state index in [4.69, 9.17) is 0 Å². The third-order valence-corrected chi connectivity index (χ3v) is 3.14. The zero-order chi connectivity index (χ0) is 8.72. The zero-order valence-electron chi connectivity index (χ0n) is 7.02. The Hall–Kier alpha value is -0.890. The second kappa shape index (κ2) is 2.56. The first-order valence-electron chi connectivity index (χ1n) is 3.84. The van der Waals surface area contributed by atoms with Gasteiger partial charge in [-0.05, 0) is 31.5 Å². The Bertz CT molecular complexity index is 390. The van der Waals surface area contributed by atoms with Crippen molar-refractivity contribution in [1.29, 1.82) is 0 Å². The molecule has 0 bridgehead atoms. The largest absolute Gasteiger partial charge is 0.206 e. The number of hydrogen-bond donors (Lipinski definition) is 0. The van der Waals surface area contributed by atoms with Gasteiger partial charge in [-0.3, -0.25) is 0 Å². The number of thiophene rings is 1. The highest BCUT2D eigenvalue weighted by Gasteiger charge is 2.05. The summed E-state index contributed by atoms with van der Waals surface area (Å²) in [5, 5.41) is 0.762. The average Bonchev–Trinajstić information content (AvgIpc) is 2.41. The maximum Gasteiger partial charge on any atom is 0.131 e. The van der Waals surface area contributed by atoms with E-state index in [0.717, 1.165) is 15.6 Å². The summed E-state index contributed by atoms with van der Waals surface area (Å²) < 4.78 is 14.3. The summed E-state index contributed by atoms with van der Waals surface area (Å²) in [5.41, 5.74) is 1.16. The van der Waals surface area contributed by atoms with Gasteiger partial charge < -0.3 is 0 Å². The van der Waals surface area contributed by atoms with Crippen LogP contribution < -0.4 is 0 Å². The molecule has 2 rings (SSSR count). The fourth-order valence-corrected chi connectivity index (χ4v) is 2.34. The Kier molecular flexibility index (Phi) is 1.65. The van der Waals surface area contributed by atoms with Crippen molar-refractivity contribution in [2.24, 2.45) is 0 Å². The first-order chi connectivity index (χ1) is 5.68. The molecule has 0 fully saturated rings. The van der Waals surface area contributed by atoms with Gasteiger partial charge in [-0.1, -0.05) is 6.07 Å². The van der Waals surface area contributed by atoms with Gasteiger partial charge in [-0.15, -0.1) is 11.3 Å². The quantitative estimate of drug-likeness (QED) is 0.580. The van der Waals surface area contributed by atoms with Crippen molar-refractivity contribution in [1.82, 2.24) is 0 Å². The molecule has 0 aliphatic heterocycles. The molecule has 0 saturated carbocycles. The average molecular weight is 180 g/mol. The van der Waals surface area contributed by atoms with Crippen LogP contribution in [0, 0.1) is 19.7 Å². The van der Waals surface area contributed by atoms with Gasteiger partial charge in [0.2, 0.25) is 0 Å². The van der Waals surface area contributed by atoms with E-state index in [1.807, 2.05) is 26.0 Å². The van der Waals surface area contributed by atoms with Crippen LogP contribution >= 0.6 is 11.3 Å². The summed E-state index contributed by atoms with van der Waals surface area (Å²) in [7, 11) is 0. The summed E-state index contributed by atoms with van der Waals surface area (Å²) in [6, 6.07) is 5.26. The number of aryl methyl sites for hydroxylation is 2. The van der Waals surface area contributed by atoms with E-state index < -0.39 is 0 Å². The lowest BCUT2D eigenvalue weighted by molar-refractivity contribution is 0.640. The molecule has 2 aromatic rings. The Morgan fingerprint density at radius 2 is 2.00 bits per heavy atom. The fourth-order valence-electron chi connectivity index (χ4n) is 1.35. The molecule has 0 atom stereocenters. The number of halogens is 1. The topological polar surface area (TPSA) is 0 Å². The standard InChI is InChI=1S/C10H9FS/c1-6-3-4-9(11)8-5-7(2)12-10(6)8/h3-5H,1-2H3. The highest BCUT2D eigenvalue weighted by Crippen LogP contribution is 2.29. The molecule has 1 aromatic heterocycles. The maximum atomic E-state index is 13.2. The third-order valence-electron chi connectivity index (χ3n) is 1.95. The van der Waals surface area contributed by atoms with Gasteiger partial charge in [0.25, 0.3) is 0 Å². The lowest BCUT2D eigenvalue weighted by Crippen LogP contribution is -1.76. The smallest absolute Gasteiger partial charge is 0.131 e. The molecule has 62 valence electrons. The van der Waals surface area contributed by atoms with Gasteiger partial charge in [0.1, 0.15) is 5.82 Å². The van der Waals surface area contributed by atoms with Crippen LogP contribution in [0.4, 0.5) is 4.39 Å². The SMILES string of the molecule is Cc1cc2c(F)ccc(C)c2s1. The molecule has 2 heteroatoms. The summed E-state index contributed by atoms with van der Waals surface area (Å²) >= 11 is 1.65. The highest BCUT2D eigenvalue weighted by molar-refractivity contribution is 7.19. The fraction of sp³-hybridized carbons (Fsp3) is 0.200. The van der Waals surface area contributed by atoms with Crippen LogP contribution in [0.2, 0.25) is 0 Å². The van der Waals surface area contributed by atoms with Crippen molar-refractivity contribution in [3.05, 3.63) is 34.5 Å². The molecule has 1 aromatic carbocycles. The monoisotopic (exact) mass is 180 g/mol. The van der Waals surface area contributed by atoms with Crippen LogP contribution in [0.1, 0.15) is 10.4 Å². The Labute approximate surface area is 74.6 Å². The van der Waals surface area contributed by atoms with Gasteiger partial charge in [0.05, 0.1) is 0 Å². The molecular formula is C10H9FS. The number of fused-ring (bicyclic) bond motifs is 1. The van der Waals surface area contributed by atoms with Crippen LogP contribution in [-0.4, -0.2) is 0 Å². The number of benzene rings is 1. The molecule has 12 heavy (non-hydrogen) atoms. The number of hydrogen-bond acceptors (Lipinski definition) is 1. The molecular weight excluding hydrogens is 171 g/mol. The van der Waals surface area contributed by atoms with Crippen molar-refractivity contribution >= 4 is 21.4 Å². The molecule has 0 aliphatic carbocycles.